The zero-order chi connectivity index (χ0) is 11.1. The molecule has 0 atom stereocenters. The van der Waals surface area contributed by atoms with Gasteiger partial charge in [-0.05, 0) is 13.3 Å². The number of hydrogen-bond donors (Lipinski definition) is 0. The van der Waals surface area contributed by atoms with Gasteiger partial charge in [0.2, 0.25) is 0 Å². The van der Waals surface area contributed by atoms with E-state index in [4.69, 9.17) is 0 Å². The van der Waals surface area contributed by atoms with Crippen molar-refractivity contribution in [2.24, 2.45) is 0 Å². The minimum absolute atomic E-state index is 0. The van der Waals surface area contributed by atoms with Gasteiger partial charge in [0.1, 0.15) is 0 Å². The van der Waals surface area contributed by atoms with Gasteiger partial charge in [-0.1, -0.05) is 39.0 Å². The fourth-order valence-corrected chi connectivity index (χ4v) is 2.10. The van der Waals surface area contributed by atoms with Crippen LogP contribution < -0.4 is 12.4 Å². The Hall–Kier alpha value is -0.360. The van der Waals surface area contributed by atoms with Gasteiger partial charge in [0.15, 0.2) is 0 Å². The summed E-state index contributed by atoms with van der Waals surface area (Å²) in [6.07, 6.45) is 14.2. The van der Waals surface area contributed by atoms with E-state index in [-0.39, 0.29) is 12.4 Å². The highest BCUT2D eigenvalue weighted by molar-refractivity contribution is 5.46. The van der Waals surface area contributed by atoms with E-state index in [1.807, 2.05) is 0 Å². The molecule has 1 aliphatic rings. The predicted octanol–water partition coefficient (Wildman–Crippen LogP) is 2.22. The summed E-state index contributed by atoms with van der Waals surface area (Å²) in [4.78, 5) is 0. The van der Waals surface area contributed by atoms with Crippen molar-refractivity contribution in [1.82, 2.24) is 0 Å². The number of allylic oxidation sites excluding steroid dienone is 4. The molecule has 0 bridgehead atoms. The number of rotatable bonds is 7. The molecule has 0 aliphatic heterocycles. The van der Waals surface area contributed by atoms with Crippen molar-refractivity contribution in [3.63, 3.8) is 0 Å². The van der Waals surface area contributed by atoms with Crippen LogP contribution >= 0.6 is 0 Å². The van der Waals surface area contributed by atoms with Gasteiger partial charge in [-0.2, -0.15) is 0 Å². The van der Waals surface area contributed by atoms with Crippen molar-refractivity contribution in [3.8, 4) is 0 Å². The molecule has 0 aromatic carbocycles. The lowest BCUT2D eigenvalue weighted by Gasteiger charge is -1.99. The Bertz CT molecular complexity index is 238. The monoisotopic (exact) mass is 240 g/mol. The molecule has 16 heavy (non-hydrogen) atoms. The first-order valence-corrected chi connectivity index (χ1v) is 6.47. The Morgan fingerprint density at radius 3 is 2.25 bits per heavy atom. The Kier molecular flexibility index (Phi) is 8.56. The summed E-state index contributed by atoms with van der Waals surface area (Å²) in [5.41, 5.74) is 3.09. The lowest BCUT2D eigenvalue weighted by atomic mass is 10.0. The Labute approximate surface area is 108 Å². The minimum Gasteiger partial charge on any atom is -1.00 e. The molecule has 0 spiro atoms. The Morgan fingerprint density at radius 2 is 1.69 bits per heavy atom. The Balaban J connectivity index is 0.00000225. The molecule has 1 heteroatoms. The lowest BCUT2D eigenvalue weighted by Crippen LogP contribution is -3.00. The van der Waals surface area contributed by atoms with Crippen molar-refractivity contribution in [2.45, 2.75) is 65.7 Å². The standard InChI is InChI=1S/C15H25.ClH/c1-4-5-6-7-8-9-10-15-12-11-13(2)14(15)3;/h11-12H,4-10H2,1-3H3;1H/q+1;/p-1. The molecule has 0 saturated heterocycles. The quantitative estimate of drug-likeness (QED) is 0.473. The minimum atomic E-state index is 0. The summed E-state index contributed by atoms with van der Waals surface area (Å²) >= 11 is 0. The first-order chi connectivity index (χ1) is 7.25. The van der Waals surface area contributed by atoms with Crippen LogP contribution in [0, 0.1) is 5.92 Å². The molecule has 1 rings (SSSR count). The maximum Gasteiger partial charge on any atom is 0.0963 e. The van der Waals surface area contributed by atoms with E-state index in [0.29, 0.717) is 0 Å². The number of unbranched alkanes of at least 4 members (excludes halogenated alkanes) is 5. The molecule has 0 amide bonds. The van der Waals surface area contributed by atoms with Gasteiger partial charge in [0.25, 0.3) is 0 Å². The van der Waals surface area contributed by atoms with Gasteiger partial charge in [0.05, 0.1) is 29.2 Å². The van der Waals surface area contributed by atoms with E-state index in [1.165, 1.54) is 56.4 Å². The van der Waals surface area contributed by atoms with Crippen LogP contribution in [-0.4, -0.2) is 0 Å². The molecule has 0 saturated carbocycles. The molecule has 0 fully saturated rings. The average molecular weight is 241 g/mol. The molecule has 92 valence electrons. The third-order valence-corrected chi connectivity index (χ3v) is 3.41. The molecule has 0 aromatic heterocycles. The van der Waals surface area contributed by atoms with E-state index in [9.17, 15) is 0 Å². The zero-order valence-corrected chi connectivity index (χ0v) is 11.7. The average Bonchev–Trinajstić information content (AvgIpc) is 2.54. The van der Waals surface area contributed by atoms with Gasteiger partial charge in [-0.25, -0.2) is 0 Å². The van der Waals surface area contributed by atoms with Crippen LogP contribution in [0.5, 0.6) is 0 Å². The van der Waals surface area contributed by atoms with Crippen LogP contribution in [0.15, 0.2) is 23.3 Å². The van der Waals surface area contributed by atoms with Gasteiger partial charge in [-0.15, -0.1) is 0 Å². The second-order valence-corrected chi connectivity index (χ2v) is 4.68. The highest BCUT2D eigenvalue weighted by Crippen LogP contribution is 2.29. The first kappa shape index (κ1) is 15.6. The van der Waals surface area contributed by atoms with Crippen molar-refractivity contribution in [2.75, 3.05) is 0 Å². The molecule has 0 aromatic rings. The molecule has 0 unspecified atom stereocenters. The maximum absolute atomic E-state index is 2.30. The van der Waals surface area contributed by atoms with Gasteiger partial charge >= 0.3 is 0 Å². The molecule has 1 aliphatic carbocycles. The summed E-state index contributed by atoms with van der Waals surface area (Å²) in [6, 6.07) is 0. The molecule has 0 radical (unpaired) electrons. The smallest absolute Gasteiger partial charge is 0.0963 e. The molecular formula is C15H25Cl. The fourth-order valence-electron chi connectivity index (χ4n) is 2.10. The van der Waals surface area contributed by atoms with E-state index in [0.717, 1.165) is 0 Å². The van der Waals surface area contributed by atoms with Crippen LogP contribution in [0.1, 0.15) is 65.7 Å². The van der Waals surface area contributed by atoms with Crippen molar-refractivity contribution < 1.29 is 12.4 Å². The van der Waals surface area contributed by atoms with Gasteiger partial charge in [0, 0.05) is 13.3 Å². The third kappa shape index (κ3) is 5.12. The van der Waals surface area contributed by atoms with Crippen molar-refractivity contribution in [1.29, 1.82) is 0 Å². The highest BCUT2D eigenvalue weighted by atomic mass is 35.5. The van der Waals surface area contributed by atoms with E-state index in [2.05, 4.69) is 32.9 Å². The maximum atomic E-state index is 2.30. The number of hydrogen-bond acceptors (Lipinski definition) is 0. The largest absolute Gasteiger partial charge is 1.00 e. The van der Waals surface area contributed by atoms with Crippen LogP contribution in [-0.2, 0) is 0 Å². The van der Waals surface area contributed by atoms with Gasteiger partial charge < -0.3 is 12.4 Å². The zero-order valence-electron chi connectivity index (χ0n) is 11.0. The van der Waals surface area contributed by atoms with Crippen molar-refractivity contribution in [3.05, 3.63) is 29.2 Å². The highest BCUT2D eigenvalue weighted by Gasteiger charge is 2.21. The van der Waals surface area contributed by atoms with E-state index in [1.54, 1.807) is 5.57 Å². The van der Waals surface area contributed by atoms with Crippen LogP contribution in [0.4, 0.5) is 0 Å². The predicted molar refractivity (Wildman–Crippen MR) is 68.8 cm³/mol. The summed E-state index contributed by atoms with van der Waals surface area (Å²) in [7, 11) is 0. The first-order valence-electron chi connectivity index (χ1n) is 6.47. The lowest BCUT2D eigenvalue weighted by molar-refractivity contribution is -0.00000335. The fraction of sp³-hybridized carbons (Fsp3) is 0.667. The molecule has 0 N–H and O–H groups in total. The van der Waals surface area contributed by atoms with Gasteiger partial charge in [-0.3, -0.25) is 0 Å². The second-order valence-electron chi connectivity index (χ2n) is 4.68. The van der Waals surface area contributed by atoms with E-state index < -0.39 is 0 Å². The van der Waals surface area contributed by atoms with Crippen LogP contribution in [0.25, 0.3) is 0 Å². The topological polar surface area (TPSA) is 0 Å². The SMILES string of the molecule is CCCCCCCCC1=C(C)[C+](C)C=C1.[Cl-]. The normalized spacial score (nSPS) is 14.6. The molecular weight excluding hydrogens is 216 g/mol. The second kappa shape index (κ2) is 8.75. The molecule has 0 nitrogen and oxygen atoms in total. The summed E-state index contributed by atoms with van der Waals surface area (Å²) in [6.45, 7) is 6.73. The summed E-state index contributed by atoms with van der Waals surface area (Å²) in [5, 5.41) is 0. The van der Waals surface area contributed by atoms with Crippen molar-refractivity contribution >= 4 is 0 Å². The summed E-state index contributed by atoms with van der Waals surface area (Å²) < 4.78 is 0. The van der Waals surface area contributed by atoms with Crippen LogP contribution in [0.2, 0.25) is 0 Å². The molecule has 0 heterocycles. The number of halogens is 1. The van der Waals surface area contributed by atoms with E-state index >= 15 is 0 Å². The third-order valence-electron chi connectivity index (χ3n) is 3.41. The summed E-state index contributed by atoms with van der Waals surface area (Å²) in [5.74, 6) is 1.45. The van der Waals surface area contributed by atoms with Crippen LogP contribution in [0.3, 0.4) is 0 Å². The Morgan fingerprint density at radius 1 is 1.06 bits per heavy atom.